The van der Waals surface area contributed by atoms with Crippen molar-refractivity contribution in [3.8, 4) is 0 Å². The van der Waals surface area contributed by atoms with Gasteiger partial charge in [0, 0.05) is 5.41 Å². The van der Waals surface area contributed by atoms with Crippen molar-refractivity contribution in [3.05, 3.63) is 34.4 Å². The highest BCUT2D eigenvalue weighted by Gasteiger charge is 2.30. The maximum Gasteiger partial charge on any atom is 0.00358 e. The van der Waals surface area contributed by atoms with Crippen LogP contribution in [0.5, 0.6) is 0 Å². The van der Waals surface area contributed by atoms with Gasteiger partial charge in [-0.15, -0.1) is 0 Å². The molecular weight excluding hydrogens is 292 g/mol. The van der Waals surface area contributed by atoms with Gasteiger partial charge >= 0.3 is 0 Å². The molecule has 0 N–H and O–H groups in total. The molecule has 0 aromatic heterocycles. The summed E-state index contributed by atoms with van der Waals surface area (Å²) in [4.78, 5) is 13.3. The molecule has 0 spiro atoms. The predicted molar refractivity (Wildman–Crippen MR) is 97.4 cm³/mol. The lowest BCUT2D eigenvalue weighted by atomic mass is 10.0. The van der Waals surface area contributed by atoms with Gasteiger partial charge in [0.25, 0.3) is 0 Å². The second-order valence-electron chi connectivity index (χ2n) is 7.98. The molecule has 0 aliphatic rings. The van der Waals surface area contributed by atoms with Crippen LogP contribution in [0.1, 0.15) is 27.0 Å². The summed E-state index contributed by atoms with van der Waals surface area (Å²) in [6.45, 7) is 20.6. The SMILES string of the molecule is Cc1cc(C)c(C(=O)[Si-]([Si](C)(C)C)[Si](C)(C)C)c(C)c1. The minimum absolute atomic E-state index is 0.517. The summed E-state index contributed by atoms with van der Waals surface area (Å²) in [5.41, 5.74) is 4.64. The van der Waals surface area contributed by atoms with Gasteiger partial charge in [0.15, 0.2) is 0 Å². The Hall–Kier alpha value is -0.459. The van der Waals surface area contributed by atoms with Crippen LogP contribution >= 0.6 is 0 Å². The Labute approximate surface area is 128 Å². The number of rotatable bonds is 4. The summed E-state index contributed by atoms with van der Waals surface area (Å²) in [5, 5.41) is 0.517. The van der Waals surface area contributed by atoms with E-state index < -0.39 is 23.0 Å². The Kier molecular flexibility index (Phi) is 5.04. The Bertz CT molecular complexity index is 484. The molecule has 0 aliphatic carbocycles. The van der Waals surface area contributed by atoms with Crippen molar-refractivity contribution < 1.29 is 4.79 Å². The van der Waals surface area contributed by atoms with Gasteiger partial charge in [0.2, 0.25) is 0 Å². The molecule has 1 aromatic carbocycles. The van der Waals surface area contributed by atoms with Gasteiger partial charge in [0.1, 0.15) is 0 Å². The van der Waals surface area contributed by atoms with Crippen molar-refractivity contribution in [3.63, 3.8) is 0 Å². The second-order valence-corrected chi connectivity index (χ2v) is 31.7. The van der Waals surface area contributed by atoms with Gasteiger partial charge < -0.3 is 4.79 Å². The number of carbonyl (C=O) groups is 1. The maximum atomic E-state index is 13.3. The van der Waals surface area contributed by atoms with E-state index in [1.165, 1.54) is 16.7 Å². The summed E-state index contributed by atoms with van der Waals surface area (Å²) in [5.74, 6) is 0. The first-order valence-electron chi connectivity index (χ1n) is 7.36. The molecule has 0 saturated carbocycles. The predicted octanol–water partition coefficient (Wildman–Crippen LogP) is 4.66. The molecule has 112 valence electrons. The number of hydrogen-bond donors (Lipinski definition) is 0. The van der Waals surface area contributed by atoms with Gasteiger partial charge in [-0.05, 0) is 37.5 Å². The van der Waals surface area contributed by atoms with E-state index in [4.69, 9.17) is 0 Å². The van der Waals surface area contributed by atoms with E-state index in [1.54, 1.807) is 0 Å². The van der Waals surface area contributed by atoms with Crippen molar-refractivity contribution in [1.82, 2.24) is 0 Å². The lowest BCUT2D eigenvalue weighted by molar-refractivity contribution is 0.107. The normalized spacial score (nSPS) is 12.4. The molecule has 0 unspecified atom stereocenters. The molecule has 0 saturated heterocycles. The standard InChI is InChI=1S/C16H29OSi3/c1-12-10-13(2)15(14(3)11-12)16(17)18(19(4,5)6)20(7,8)9/h10-11H,1-9H3/q-1. The second kappa shape index (κ2) is 5.73. The molecule has 0 bridgehead atoms. The van der Waals surface area contributed by atoms with Gasteiger partial charge in [-0.3, -0.25) is 0 Å². The monoisotopic (exact) mass is 321 g/mol. The summed E-state index contributed by atoms with van der Waals surface area (Å²) >= 11 is 0. The van der Waals surface area contributed by atoms with Crippen LogP contribution in [-0.2, 0) is 0 Å². The van der Waals surface area contributed by atoms with Crippen molar-refractivity contribution in [2.75, 3.05) is 0 Å². The smallest absolute Gasteiger partial charge is 0.00358 e. The Morgan fingerprint density at radius 3 is 1.50 bits per heavy atom. The van der Waals surface area contributed by atoms with E-state index in [0.717, 1.165) is 5.56 Å². The lowest BCUT2D eigenvalue weighted by Crippen LogP contribution is -2.63. The third kappa shape index (κ3) is 3.80. The largest absolute Gasteiger partial charge is 0.336 e. The van der Waals surface area contributed by atoms with Crippen LogP contribution in [0, 0.1) is 20.8 Å². The summed E-state index contributed by atoms with van der Waals surface area (Å²) in [6.07, 6.45) is 0. The Morgan fingerprint density at radius 2 is 1.20 bits per heavy atom. The molecule has 0 fully saturated rings. The molecule has 4 heteroatoms. The Balaban J connectivity index is 3.42. The fraction of sp³-hybridized carbons (Fsp3) is 0.562. The molecule has 20 heavy (non-hydrogen) atoms. The van der Waals surface area contributed by atoms with Crippen molar-refractivity contribution in [1.29, 1.82) is 0 Å². The summed E-state index contributed by atoms with van der Waals surface area (Å²) < 4.78 is 0. The zero-order valence-electron chi connectivity index (χ0n) is 14.6. The van der Waals surface area contributed by atoms with E-state index in [9.17, 15) is 4.79 Å². The van der Waals surface area contributed by atoms with Crippen LogP contribution in [0.4, 0.5) is 0 Å². The molecule has 1 aromatic rings. The van der Waals surface area contributed by atoms with Crippen LogP contribution in [0.25, 0.3) is 0 Å². The molecule has 0 amide bonds. The first-order valence-corrected chi connectivity index (χ1v) is 17.9. The lowest BCUT2D eigenvalue weighted by Gasteiger charge is -2.51. The molecule has 0 atom stereocenters. The molecule has 0 aliphatic heterocycles. The average molecular weight is 322 g/mol. The average Bonchev–Trinajstić information content (AvgIpc) is 2.09. The van der Waals surface area contributed by atoms with E-state index in [-0.39, 0.29) is 0 Å². The molecule has 0 heterocycles. The van der Waals surface area contributed by atoms with E-state index >= 15 is 0 Å². The quantitative estimate of drug-likeness (QED) is 0.737. The summed E-state index contributed by atoms with van der Waals surface area (Å²) in [6, 6.07) is 4.32. The minimum atomic E-state index is -1.41. The van der Waals surface area contributed by atoms with Crippen LogP contribution in [-0.4, -0.2) is 28.4 Å². The van der Waals surface area contributed by atoms with Crippen LogP contribution in [0.15, 0.2) is 12.1 Å². The van der Waals surface area contributed by atoms with Gasteiger partial charge in [0.05, 0.1) is 0 Å². The zero-order valence-corrected chi connectivity index (χ0v) is 17.6. The van der Waals surface area contributed by atoms with Crippen LogP contribution in [0.2, 0.25) is 39.3 Å². The van der Waals surface area contributed by atoms with E-state index in [0.29, 0.717) is 5.41 Å². The molecule has 1 nitrogen and oxygen atoms in total. The molecular formula is C16H29OSi3-. The van der Waals surface area contributed by atoms with E-state index in [1.807, 2.05) is 0 Å². The highest BCUT2D eigenvalue weighted by atomic mass is 29.6. The highest BCUT2D eigenvalue weighted by molar-refractivity contribution is 7.69. The zero-order chi connectivity index (χ0) is 15.9. The summed E-state index contributed by atoms with van der Waals surface area (Å²) in [7, 11) is -3.75. The Morgan fingerprint density at radius 1 is 0.850 bits per heavy atom. The number of aryl methyl sites for hydroxylation is 3. The maximum absolute atomic E-state index is 13.3. The van der Waals surface area contributed by atoms with Gasteiger partial charge in [-0.2, -0.15) is 0 Å². The van der Waals surface area contributed by atoms with Crippen molar-refractivity contribution >= 4 is 28.4 Å². The molecule has 0 radical (unpaired) electrons. The van der Waals surface area contributed by atoms with Crippen molar-refractivity contribution in [2.24, 2.45) is 0 Å². The first-order chi connectivity index (χ1) is 8.85. The topological polar surface area (TPSA) is 17.1 Å². The molecule has 1 rings (SSSR count). The minimum Gasteiger partial charge on any atom is -0.336 e. The number of carbonyl (C=O) groups excluding carboxylic acids is 1. The number of hydrogen-bond acceptors (Lipinski definition) is 1. The third-order valence-electron chi connectivity index (χ3n) is 3.63. The van der Waals surface area contributed by atoms with Crippen LogP contribution < -0.4 is 0 Å². The van der Waals surface area contributed by atoms with Crippen molar-refractivity contribution in [2.45, 2.75) is 60.1 Å². The number of benzene rings is 1. The fourth-order valence-electron chi connectivity index (χ4n) is 3.47. The fourth-order valence-corrected chi connectivity index (χ4v) is 39.6. The van der Waals surface area contributed by atoms with Gasteiger partial charge in [-0.25, -0.2) is 7.83 Å². The third-order valence-corrected chi connectivity index (χ3v) is 31.2. The van der Waals surface area contributed by atoms with E-state index in [2.05, 4.69) is 72.2 Å². The first kappa shape index (κ1) is 17.6. The van der Waals surface area contributed by atoms with Gasteiger partial charge in [-0.1, -0.05) is 72.2 Å². The van der Waals surface area contributed by atoms with Crippen LogP contribution in [0.3, 0.4) is 0 Å². The highest BCUT2D eigenvalue weighted by Crippen LogP contribution is 2.25.